The summed E-state index contributed by atoms with van der Waals surface area (Å²) >= 11 is 0. The number of hydrogen-bond donors (Lipinski definition) is 1. The molecule has 0 amide bonds. The minimum Gasteiger partial charge on any atom is -0.370 e. The minimum atomic E-state index is 0.546. The van der Waals surface area contributed by atoms with Crippen LogP contribution in [0.4, 0.5) is 5.69 Å². The number of nitriles is 1. The van der Waals surface area contributed by atoms with Crippen molar-refractivity contribution in [1.82, 2.24) is 24.6 Å². The molecule has 158 valence electrons. The molecule has 2 aliphatic rings. The van der Waals surface area contributed by atoms with Gasteiger partial charge in [0.05, 0.1) is 23.0 Å². The molecule has 7 nitrogen and oxygen atoms in total. The van der Waals surface area contributed by atoms with Gasteiger partial charge in [-0.15, -0.1) is 10.2 Å². The monoisotopic (exact) mass is 421 g/mol. The van der Waals surface area contributed by atoms with Crippen LogP contribution in [-0.4, -0.2) is 45.5 Å². The Morgan fingerprint density at radius 2 is 1.97 bits per heavy atom. The van der Waals surface area contributed by atoms with E-state index in [-0.39, 0.29) is 0 Å². The number of aromatic nitrogens is 4. The number of likely N-dealkylation sites (N-methyl/N-ethyl adjacent to an activating group) is 1. The van der Waals surface area contributed by atoms with Crippen LogP contribution in [0.15, 0.2) is 61.1 Å². The highest BCUT2D eigenvalue weighted by molar-refractivity contribution is 5.72. The van der Waals surface area contributed by atoms with Gasteiger partial charge in [-0.05, 0) is 61.0 Å². The van der Waals surface area contributed by atoms with Crippen molar-refractivity contribution in [2.75, 3.05) is 25.0 Å². The van der Waals surface area contributed by atoms with Crippen LogP contribution in [0.5, 0.6) is 0 Å². The number of rotatable bonds is 3. The topological polar surface area (TPSA) is 74.7 Å². The summed E-state index contributed by atoms with van der Waals surface area (Å²) in [5.41, 5.74) is 7.53. The Morgan fingerprint density at radius 1 is 1.09 bits per heavy atom. The van der Waals surface area contributed by atoms with Crippen LogP contribution in [0.1, 0.15) is 17.5 Å². The second-order valence-electron chi connectivity index (χ2n) is 8.49. The van der Waals surface area contributed by atoms with Gasteiger partial charge in [-0.2, -0.15) is 5.26 Å². The molecule has 1 saturated heterocycles. The van der Waals surface area contributed by atoms with Gasteiger partial charge < -0.3 is 14.8 Å². The quantitative estimate of drug-likeness (QED) is 0.483. The first-order valence-electron chi connectivity index (χ1n) is 10.9. The molecule has 2 aromatic carbocycles. The lowest BCUT2D eigenvalue weighted by Crippen LogP contribution is -2.29. The number of benzene rings is 2. The van der Waals surface area contributed by atoms with Crippen LogP contribution in [0, 0.1) is 11.3 Å². The summed E-state index contributed by atoms with van der Waals surface area (Å²) in [4.78, 5) is 2.46. The maximum atomic E-state index is 9.09. The Kier molecular flexibility index (Phi) is 4.33. The number of hydrogen-bond acceptors (Lipinski definition) is 5. The Labute approximate surface area is 186 Å². The van der Waals surface area contributed by atoms with Gasteiger partial charge in [-0.1, -0.05) is 12.1 Å². The highest BCUT2D eigenvalue weighted by Gasteiger charge is 2.25. The summed E-state index contributed by atoms with van der Waals surface area (Å²) in [5.74, 6) is 0.841. The maximum Gasteiger partial charge on any atom is 0.185 e. The van der Waals surface area contributed by atoms with Crippen LogP contribution < -0.4 is 10.2 Å². The van der Waals surface area contributed by atoms with Crippen molar-refractivity contribution in [3.8, 4) is 34.4 Å². The average molecular weight is 422 g/mol. The third-order valence-electron chi connectivity index (χ3n) is 6.65. The molecule has 1 fully saturated rings. The molecule has 6 rings (SSSR count). The van der Waals surface area contributed by atoms with Gasteiger partial charge >= 0.3 is 0 Å². The zero-order valence-electron chi connectivity index (χ0n) is 17.9. The molecule has 32 heavy (non-hydrogen) atoms. The van der Waals surface area contributed by atoms with E-state index in [9.17, 15) is 0 Å². The fourth-order valence-corrected chi connectivity index (χ4v) is 4.85. The first-order valence-corrected chi connectivity index (χ1v) is 10.9. The molecule has 4 heterocycles. The van der Waals surface area contributed by atoms with Crippen molar-refractivity contribution in [3.63, 3.8) is 0 Å². The molecule has 2 aromatic heterocycles. The number of anilines is 1. The lowest BCUT2D eigenvalue weighted by atomic mass is 10.1. The second kappa shape index (κ2) is 7.36. The summed E-state index contributed by atoms with van der Waals surface area (Å²) in [7, 11) is 2.04. The first kappa shape index (κ1) is 18.8. The molecule has 4 aromatic rings. The first-order chi connectivity index (χ1) is 15.7. The number of fused-ring (bicyclic) bond motifs is 5. The van der Waals surface area contributed by atoms with Crippen molar-refractivity contribution in [2.24, 2.45) is 0 Å². The van der Waals surface area contributed by atoms with Gasteiger partial charge in [0.15, 0.2) is 5.82 Å². The lowest BCUT2D eigenvalue weighted by molar-refractivity contribution is 0.617. The Bertz CT molecular complexity index is 1340. The summed E-state index contributed by atoms with van der Waals surface area (Å²) in [6.07, 6.45) is 5.13. The number of nitrogens with one attached hydrogen (secondary N) is 1. The fourth-order valence-electron chi connectivity index (χ4n) is 4.85. The molecular weight excluding hydrogens is 398 g/mol. The lowest BCUT2D eigenvalue weighted by Gasteiger charge is -2.21. The Morgan fingerprint density at radius 3 is 2.75 bits per heavy atom. The predicted octanol–water partition coefficient (Wildman–Crippen LogP) is 3.43. The standard InChI is InChI=1S/C25H23N7/c1-27-21-8-9-30(15-21)22-6-7-23-20(10-22)14-31-13-19(18-4-2-17(12-26)3-5-18)11-24(31)25-29-28-16-32(23)25/h2-7,10-11,13,16,21,27H,8-9,14-15H2,1H3/t21-/m0/s1. The van der Waals surface area contributed by atoms with E-state index in [0.29, 0.717) is 11.6 Å². The van der Waals surface area contributed by atoms with E-state index in [1.54, 1.807) is 6.33 Å². The minimum absolute atomic E-state index is 0.546. The molecule has 2 aliphatic heterocycles. The third kappa shape index (κ3) is 3.00. The number of nitrogens with zero attached hydrogens (tertiary/aromatic N) is 6. The van der Waals surface area contributed by atoms with Crippen LogP contribution >= 0.6 is 0 Å². The molecule has 0 saturated carbocycles. The molecule has 0 spiro atoms. The van der Waals surface area contributed by atoms with Gasteiger partial charge in [0.2, 0.25) is 0 Å². The molecular formula is C25H23N7. The zero-order chi connectivity index (χ0) is 21.7. The van der Waals surface area contributed by atoms with E-state index < -0.39 is 0 Å². The summed E-state index contributed by atoms with van der Waals surface area (Å²) < 4.78 is 4.34. The van der Waals surface area contributed by atoms with Crippen LogP contribution in [0.3, 0.4) is 0 Å². The van der Waals surface area contributed by atoms with Gasteiger partial charge in [-0.3, -0.25) is 4.57 Å². The van der Waals surface area contributed by atoms with E-state index in [0.717, 1.165) is 48.0 Å². The summed E-state index contributed by atoms with van der Waals surface area (Å²) in [6.45, 7) is 2.87. The third-order valence-corrected chi connectivity index (χ3v) is 6.65. The van der Waals surface area contributed by atoms with E-state index >= 15 is 0 Å². The summed E-state index contributed by atoms with van der Waals surface area (Å²) in [5, 5.41) is 21.1. The molecule has 0 unspecified atom stereocenters. The Balaban J connectivity index is 1.42. The average Bonchev–Trinajstić information content (AvgIpc) is 3.57. The summed E-state index contributed by atoms with van der Waals surface area (Å²) in [6, 6.07) is 19.3. The van der Waals surface area contributed by atoms with E-state index in [2.05, 4.69) is 66.1 Å². The largest absolute Gasteiger partial charge is 0.370 e. The van der Waals surface area contributed by atoms with E-state index in [1.807, 2.05) is 31.3 Å². The highest BCUT2D eigenvalue weighted by atomic mass is 15.3. The molecule has 0 aliphatic carbocycles. The fraction of sp³-hybridized carbons (Fsp3) is 0.240. The van der Waals surface area contributed by atoms with Crippen molar-refractivity contribution >= 4 is 5.69 Å². The molecule has 0 bridgehead atoms. The zero-order valence-corrected chi connectivity index (χ0v) is 17.9. The van der Waals surface area contributed by atoms with Crippen molar-refractivity contribution < 1.29 is 0 Å². The van der Waals surface area contributed by atoms with Crippen molar-refractivity contribution in [3.05, 3.63) is 72.2 Å². The van der Waals surface area contributed by atoms with E-state index in [1.165, 1.54) is 17.7 Å². The second-order valence-corrected chi connectivity index (χ2v) is 8.49. The molecule has 1 N–H and O–H groups in total. The smallest absolute Gasteiger partial charge is 0.185 e. The van der Waals surface area contributed by atoms with E-state index in [4.69, 9.17) is 5.26 Å². The van der Waals surface area contributed by atoms with Gasteiger partial charge in [0.1, 0.15) is 6.33 Å². The van der Waals surface area contributed by atoms with Crippen LogP contribution in [0.25, 0.3) is 28.3 Å². The van der Waals surface area contributed by atoms with Crippen molar-refractivity contribution in [2.45, 2.75) is 19.0 Å². The van der Waals surface area contributed by atoms with Crippen LogP contribution in [0.2, 0.25) is 0 Å². The molecule has 1 atom stereocenters. The SMILES string of the molecule is CN[C@H]1CCN(c2ccc3c(c2)Cn2cc(-c4ccc(C#N)cc4)cc2-c2nncn2-3)C1. The van der Waals surface area contributed by atoms with Crippen LogP contribution in [-0.2, 0) is 6.54 Å². The van der Waals surface area contributed by atoms with Gasteiger partial charge in [0, 0.05) is 43.1 Å². The highest BCUT2D eigenvalue weighted by Crippen LogP contribution is 2.35. The predicted molar refractivity (Wildman–Crippen MR) is 124 cm³/mol. The van der Waals surface area contributed by atoms with Crippen molar-refractivity contribution in [1.29, 1.82) is 5.26 Å². The molecule has 7 heteroatoms. The molecule has 0 radical (unpaired) electrons. The normalized spacial score (nSPS) is 16.8. The van der Waals surface area contributed by atoms with Gasteiger partial charge in [0.25, 0.3) is 0 Å². The van der Waals surface area contributed by atoms with Gasteiger partial charge in [-0.25, -0.2) is 0 Å². The Hall–Kier alpha value is -3.89. The maximum absolute atomic E-state index is 9.09.